The maximum absolute atomic E-state index is 12.1. The van der Waals surface area contributed by atoms with Crippen LogP contribution in [-0.2, 0) is 14.3 Å². The van der Waals surface area contributed by atoms with Crippen LogP contribution in [0.15, 0.2) is 24.3 Å². The molecule has 2 rings (SSSR count). The van der Waals surface area contributed by atoms with Crippen molar-refractivity contribution in [1.82, 2.24) is 4.90 Å². The molecule has 8 nitrogen and oxygen atoms in total. The van der Waals surface area contributed by atoms with Crippen LogP contribution < -0.4 is 4.74 Å². The minimum absolute atomic E-state index is 0.0890. The number of hydrogen-bond acceptors (Lipinski definition) is 6. The first kappa shape index (κ1) is 16.7. The summed E-state index contributed by atoms with van der Waals surface area (Å²) in [6, 6.07) is 5.69. The highest BCUT2D eigenvalue weighted by Crippen LogP contribution is 2.20. The van der Waals surface area contributed by atoms with Crippen molar-refractivity contribution in [2.75, 3.05) is 26.8 Å². The largest absolute Gasteiger partial charge is 0.484 e. The molecule has 1 fully saturated rings. The van der Waals surface area contributed by atoms with Crippen LogP contribution >= 0.6 is 0 Å². The fourth-order valence-electron chi connectivity index (χ4n) is 2.45. The first-order chi connectivity index (χ1) is 11.0. The van der Waals surface area contributed by atoms with Crippen LogP contribution in [0.1, 0.15) is 12.8 Å². The molecule has 124 valence electrons. The molecule has 0 aromatic heterocycles. The molecule has 0 saturated carbocycles. The Morgan fingerprint density at radius 2 is 2.04 bits per heavy atom. The summed E-state index contributed by atoms with van der Waals surface area (Å²) in [5, 5.41) is 10.7. The molecule has 0 radical (unpaired) electrons. The van der Waals surface area contributed by atoms with Crippen molar-refractivity contribution < 1.29 is 24.0 Å². The molecule has 0 unspecified atom stereocenters. The average molecular weight is 322 g/mol. The van der Waals surface area contributed by atoms with E-state index < -0.39 is 4.92 Å². The van der Waals surface area contributed by atoms with Crippen molar-refractivity contribution in [2.24, 2.45) is 5.92 Å². The highest BCUT2D eigenvalue weighted by atomic mass is 16.6. The molecule has 1 aromatic rings. The van der Waals surface area contributed by atoms with Crippen molar-refractivity contribution in [3.8, 4) is 5.75 Å². The Labute approximate surface area is 133 Å². The van der Waals surface area contributed by atoms with E-state index in [1.165, 1.54) is 25.3 Å². The summed E-state index contributed by atoms with van der Waals surface area (Å²) in [6.45, 7) is 0.748. The Hall–Kier alpha value is -2.64. The molecule has 23 heavy (non-hydrogen) atoms. The SMILES string of the molecule is COC(=O)C1CCN(C(=O)COc2cccc([N+](=O)[O-])c2)CC1. The minimum Gasteiger partial charge on any atom is -0.484 e. The topological polar surface area (TPSA) is 99.0 Å². The van der Waals surface area contributed by atoms with Gasteiger partial charge in [-0.2, -0.15) is 0 Å². The molecule has 1 aliphatic rings. The number of carbonyl (C=O) groups excluding carboxylic acids is 2. The van der Waals surface area contributed by atoms with Gasteiger partial charge < -0.3 is 14.4 Å². The number of piperidine rings is 1. The number of benzene rings is 1. The first-order valence-corrected chi connectivity index (χ1v) is 7.24. The molecular formula is C15H18N2O6. The van der Waals surface area contributed by atoms with E-state index in [4.69, 9.17) is 9.47 Å². The summed E-state index contributed by atoms with van der Waals surface area (Å²) < 4.78 is 10.0. The number of hydrogen-bond donors (Lipinski definition) is 0. The molecule has 1 heterocycles. The zero-order valence-corrected chi connectivity index (χ0v) is 12.8. The second-order valence-electron chi connectivity index (χ2n) is 5.22. The molecular weight excluding hydrogens is 304 g/mol. The lowest BCUT2D eigenvalue weighted by Crippen LogP contribution is -2.42. The summed E-state index contributed by atoms with van der Waals surface area (Å²) in [6.07, 6.45) is 1.13. The summed E-state index contributed by atoms with van der Waals surface area (Å²) in [7, 11) is 1.35. The molecule has 0 aliphatic carbocycles. The molecule has 0 atom stereocenters. The van der Waals surface area contributed by atoms with Crippen LogP contribution in [0, 0.1) is 16.0 Å². The lowest BCUT2D eigenvalue weighted by Gasteiger charge is -2.30. The third-order valence-electron chi connectivity index (χ3n) is 3.77. The van der Waals surface area contributed by atoms with E-state index in [0.717, 1.165) is 0 Å². The second kappa shape index (κ2) is 7.57. The van der Waals surface area contributed by atoms with E-state index in [-0.39, 0.29) is 35.8 Å². The van der Waals surface area contributed by atoms with Crippen LogP contribution in [0.4, 0.5) is 5.69 Å². The number of nitrogens with zero attached hydrogens (tertiary/aromatic N) is 2. The van der Waals surface area contributed by atoms with E-state index in [0.29, 0.717) is 25.9 Å². The van der Waals surface area contributed by atoms with Crippen LogP contribution in [0.5, 0.6) is 5.75 Å². The van der Waals surface area contributed by atoms with E-state index in [9.17, 15) is 19.7 Å². The highest BCUT2D eigenvalue weighted by molar-refractivity contribution is 5.78. The van der Waals surface area contributed by atoms with Crippen molar-refractivity contribution in [1.29, 1.82) is 0 Å². The average Bonchev–Trinajstić information content (AvgIpc) is 2.59. The minimum atomic E-state index is -0.522. The highest BCUT2D eigenvalue weighted by Gasteiger charge is 2.27. The van der Waals surface area contributed by atoms with E-state index >= 15 is 0 Å². The van der Waals surface area contributed by atoms with E-state index in [1.54, 1.807) is 11.0 Å². The van der Waals surface area contributed by atoms with Gasteiger partial charge in [-0.25, -0.2) is 0 Å². The van der Waals surface area contributed by atoms with Crippen LogP contribution in [0.3, 0.4) is 0 Å². The zero-order chi connectivity index (χ0) is 16.8. The molecule has 0 bridgehead atoms. The Bertz CT molecular complexity index is 595. The van der Waals surface area contributed by atoms with Gasteiger partial charge in [0.05, 0.1) is 24.0 Å². The van der Waals surface area contributed by atoms with Gasteiger partial charge in [0, 0.05) is 19.2 Å². The summed E-state index contributed by atoms with van der Waals surface area (Å²) in [5.74, 6) is -0.344. The maximum atomic E-state index is 12.1. The molecule has 1 saturated heterocycles. The van der Waals surface area contributed by atoms with Crippen LogP contribution in [0.25, 0.3) is 0 Å². The lowest BCUT2D eigenvalue weighted by atomic mass is 9.97. The normalized spacial score (nSPS) is 15.1. The summed E-state index contributed by atoms with van der Waals surface area (Å²) >= 11 is 0. The number of rotatable bonds is 5. The number of methoxy groups -OCH3 is 1. The zero-order valence-electron chi connectivity index (χ0n) is 12.8. The third-order valence-corrected chi connectivity index (χ3v) is 3.77. The quantitative estimate of drug-likeness (QED) is 0.461. The van der Waals surface area contributed by atoms with Crippen molar-refractivity contribution in [3.63, 3.8) is 0 Å². The van der Waals surface area contributed by atoms with Gasteiger partial charge in [0.15, 0.2) is 6.61 Å². The Balaban J connectivity index is 1.83. The van der Waals surface area contributed by atoms with Crippen molar-refractivity contribution in [3.05, 3.63) is 34.4 Å². The maximum Gasteiger partial charge on any atom is 0.308 e. The number of amides is 1. The monoisotopic (exact) mass is 322 g/mol. The van der Waals surface area contributed by atoms with Crippen LogP contribution in [-0.4, -0.2) is 48.5 Å². The number of esters is 1. The predicted octanol–water partition coefficient (Wildman–Crippen LogP) is 1.39. The fraction of sp³-hybridized carbons (Fsp3) is 0.467. The standard InChI is InChI=1S/C15H18N2O6/c1-22-15(19)11-5-7-16(8-6-11)14(18)10-23-13-4-2-3-12(9-13)17(20)21/h2-4,9,11H,5-8,10H2,1H3. The van der Waals surface area contributed by atoms with Gasteiger partial charge in [-0.15, -0.1) is 0 Å². The number of nitro benzene ring substituents is 1. The van der Waals surface area contributed by atoms with Gasteiger partial charge in [0.1, 0.15) is 5.75 Å². The number of likely N-dealkylation sites (tertiary alicyclic amines) is 1. The lowest BCUT2D eigenvalue weighted by molar-refractivity contribution is -0.384. The Kier molecular flexibility index (Phi) is 5.51. The van der Waals surface area contributed by atoms with Gasteiger partial charge in [0.25, 0.3) is 11.6 Å². The van der Waals surface area contributed by atoms with Crippen molar-refractivity contribution >= 4 is 17.6 Å². The third kappa shape index (κ3) is 4.41. The van der Waals surface area contributed by atoms with E-state index in [2.05, 4.69) is 0 Å². The number of nitro groups is 1. The van der Waals surface area contributed by atoms with Crippen molar-refractivity contribution in [2.45, 2.75) is 12.8 Å². The first-order valence-electron chi connectivity index (χ1n) is 7.24. The molecule has 1 aromatic carbocycles. The molecule has 0 spiro atoms. The fourth-order valence-corrected chi connectivity index (χ4v) is 2.45. The molecule has 1 aliphatic heterocycles. The predicted molar refractivity (Wildman–Crippen MR) is 79.9 cm³/mol. The summed E-state index contributed by atoms with van der Waals surface area (Å²) in [4.78, 5) is 35.3. The van der Waals surface area contributed by atoms with Gasteiger partial charge >= 0.3 is 5.97 Å². The number of ether oxygens (including phenoxy) is 2. The van der Waals surface area contributed by atoms with Gasteiger partial charge in [-0.05, 0) is 18.9 Å². The van der Waals surface area contributed by atoms with Gasteiger partial charge in [-0.3, -0.25) is 19.7 Å². The van der Waals surface area contributed by atoms with Gasteiger partial charge in [0.2, 0.25) is 0 Å². The number of non-ortho nitro benzene ring substituents is 1. The molecule has 8 heteroatoms. The second-order valence-corrected chi connectivity index (χ2v) is 5.22. The van der Waals surface area contributed by atoms with Gasteiger partial charge in [-0.1, -0.05) is 6.07 Å². The Morgan fingerprint density at radius 3 is 2.65 bits per heavy atom. The Morgan fingerprint density at radius 1 is 1.35 bits per heavy atom. The smallest absolute Gasteiger partial charge is 0.308 e. The summed E-state index contributed by atoms with van der Waals surface area (Å²) in [5.41, 5.74) is -0.0890. The molecule has 0 N–H and O–H groups in total. The molecule has 1 amide bonds. The van der Waals surface area contributed by atoms with Crippen LogP contribution in [0.2, 0.25) is 0 Å². The number of carbonyl (C=O) groups is 2. The van der Waals surface area contributed by atoms with E-state index in [1.807, 2.05) is 0 Å².